The molecule has 72 valence electrons. The number of nitrogens with two attached hydrogens (primary N) is 1. The Labute approximate surface area is 78.6 Å². The summed E-state index contributed by atoms with van der Waals surface area (Å²) in [5.41, 5.74) is 5.59. The van der Waals surface area contributed by atoms with Crippen LogP contribution in [0.3, 0.4) is 0 Å². The Morgan fingerprint density at radius 3 is 2.77 bits per heavy atom. The maximum absolute atomic E-state index is 5.59. The van der Waals surface area contributed by atoms with E-state index in [-0.39, 0.29) is 0 Å². The summed E-state index contributed by atoms with van der Waals surface area (Å²) in [6, 6.07) is 2.16. The fourth-order valence-electron chi connectivity index (χ4n) is 1.02. The van der Waals surface area contributed by atoms with Crippen molar-refractivity contribution >= 4 is 11.6 Å². The van der Waals surface area contributed by atoms with Gasteiger partial charge >= 0.3 is 0 Å². The first-order chi connectivity index (χ1) is 6.11. The molecule has 0 aliphatic heterocycles. The van der Waals surface area contributed by atoms with Crippen LogP contribution in [0, 0.1) is 6.92 Å². The lowest BCUT2D eigenvalue weighted by Gasteiger charge is -2.12. The second kappa shape index (κ2) is 4.07. The minimum absolute atomic E-state index is 0.411. The summed E-state index contributed by atoms with van der Waals surface area (Å²) in [7, 11) is 0. The first kappa shape index (κ1) is 9.77. The average molecular weight is 180 g/mol. The molecule has 1 heterocycles. The molecule has 0 amide bonds. The van der Waals surface area contributed by atoms with Crippen LogP contribution in [0.1, 0.15) is 26.1 Å². The van der Waals surface area contributed by atoms with Gasteiger partial charge in [-0.25, -0.2) is 9.97 Å². The van der Waals surface area contributed by atoms with Gasteiger partial charge in [-0.05, 0) is 20.3 Å². The molecule has 3 N–H and O–H groups in total. The molecule has 0 radical (unpaired) electrons. The molecule has 1 atom stereocenters. The van der Waals surface area contributed by atoms with Crippen LogP contribution in [-0.2, 0) is 0 Å². The van der Waals surface area contributed by atoms with E-state index in [1.807, 2.05) is 6.92 Å². The van der Waals surface area contributed by atoms with Gasteiger partial charge in [0.25, 0.3) is 0 Å². The Hall–Kier alpha value is -1.32. The van der Waals surface area contributed by atoms with Crippen LogP contribution in [0.15, 0.2) is 6.07 Å². The van der Waals surface area contributed by atoms with Gasteiger partial charge in [0.05, 0.1) is 0 Å². The lowest BCUT2D eigenvalue weighted by Crippen LogP contribution is -2.15. The van der Waals surface area contributed by atoms with E-state index in [0.717, 1.165) is 12.2 Å². The van der Waals surface area contributed by atoms with Gasteiger partial charge in [-0.1, -0.05) is 6.92 Å². The van der Waals surface area contributed by atoms with E-state index in [1.165, 1.54) is 0 Å². The van der Waals surface area contributed by atoms with Crippen LogP contribution in [0.2, 0.25) is 0 Å². The van der Waals surface area contributed by atoms with Crippen molar-refractivity contribution in [1.29, 1.82) is 0 Å². The molecule has 0 aliphatic rings. The van der Waals surface area contributed by atoms with E-state index < -0.39 is 0 Å². The Bertz CT molecular complexity index is 265. The van der Waals surface area contributed by atoms with E-state index in [4.69, 9.17) is 5.73 Å². The van der Waals surface area contributed by atoms with Gasteiger partial charge in [-0.3, -0.25) is 0 Å². The molecule has 0 fully saturated rings. The van der Waals surface area contributed by atoms with Crippen molar-refractivity contribution in [2.75, 3.05) is 11.1 Å². The predicted molar refractivity (Wildman–Crippen MR) is 54.6 cm³/mol. The summed E-state index contributed by atoms with van der Waals surface area (Å²) in [5, 5.41) is 3.24. The highest BCUT2D eigenvalue weighted by atomic mass is 15.1. The number of anilines is 2. The summed E-state index contributed by atoms with van der Waals surface area (Å²) >= 11 is 0. The minimum Gasteiger partial charge on any atom is -0.384 e. The number of aromatic nitrogens is 2. The number of hydrogen-bond donors (Lipinski definition) is 2. The number of nitrogen functional groups attached to an aromatic ring is 1. The van der Waals surface area contributed by atoms with Crippen LogP contribution in [0.5, 0.6) is 0 Å². The number of nitrogens with one attached hydrogen (secondary N) is 1. The highest BCUT2D eigenvalue weighted by Gasteiger charge is 2.01. The molecule has 4 heteroatoms. The quantitative estimate of drug-likeness (QED) is 0.741. The molecule has 1 aromatic heterocycles. The zero-order chi connectivity index (χ0) is 9.84. The topological polar surface area (TPSA) is 63.8 Å². The lowest BCUT2D eigenvalue weighted by molar-refractivity contribution is 0.757. The molecule has 13 heavy (non-hydrogen) atoms. The zero-order valence-corrected chi connectivity index (χ0v) is 8.33. The van der Waals surface area contributed by atoms with Crippen molar-refractivity contribution in [3.63, 3.8) is 0 Å². The SMILES string of the molecule is CC[C@H](C)Nc1cc(N)nc(C)n1. The molecular formula is C9H16N4. The highest BCUT2D eigenvalue weighted by Crippen LogP contribution is 2.09. The van der Waals surface area contributed by atoms with E-state index in [0.29, 0.717) is 17.7 Å². The van der Waals surface area contributed by atoms with Gasteiger partial charge in [0, 0.05) is 12.1 Å². The fourth-order valence-corrected chi connectivity index (χ4v) is 1.02. The lowest BCUT2D eigenvalue weighted by atomic mass is 10.2. The van der Waals surface area contributed by atoms with Gasteiger partial charge in [-0.15, -0.1) is 0 Å². The molecule has 0 saturated carbocycles. The van der Waals surface area contributed by atoms with Crippen molar-refractivity contribution < 1.29 is 0 Å². The van der Waals surface area contributed by atoms with Crippen LogP contribution in [0.4, 0.5) is 11.6 Å². The van der Waals surface area contributed by atoms with Crippen molar-refractivity contribution in [2.24, 2.45) is 0 Å². The Morgan fingerprint density at radius 1 is 1.54 bits per heavy atom. The largest absolute Gasteiger partial charge is 0.384 e. The van der Waals surface area contributed by atoms with E-state index in [2.05, 4.69) is 29.1 Å². The van der Waals surface area contributed by atoms with Crippen LogP contribution >= 0.6 is 0 Å². The molecule has 0 aliphatic carbocycles. The van der Waals surface area contributed by atoms with Gasteiger partial charge in [-0.2, -0.15) is 0 Å². The Balaban J connectivity index is 2.77. The predicted octanol–water partition coefficient (Wildman–Crippen LogP) is 1.58. The normalized spacial score (nSPS) is 12.5. The van der Waals surface area contributed by atoms with E-state index in [1.54, 1.807) is 6.07 Å². The number of hydrogen-bond acceptors (Lipinski definition) is 4. The summed E-state index contributed by atoms with van der Waals surface area (Å²) in [6.07, 6.45) is 1.06. The molecule has 0 spiro atoms. The molecule has 1 aromatic rings. The first-order valence-corrected chi connectivity index (χ1v) is 4.49. The molecular weight excluding hydrogens is 164 g/mol. The van der Waals surface area contributed by atoms with Crippen LogP contribution in [-0.4, -0.2) is 16.0 Å². The maximum Gasteiger partial charge on any atom is 0.131 e. The molecule has 0 saturated heterocycles. The van der Waals surface area contributed by atoms with Crippen molar-refractivity contribution in [3.05, 3.63) is 11.9 Å². The van der Waals surface area contributed by atoms with Crippen molar-refractivity contribution in [3.8, 4) is 0 Å². The van der Waals surface area contributed by atoms with Crippen molar-refractivity contribution in [1.82, 2.24) is 9.97 Å². The minimum atomic E-state index is 0.411. The van der Waals surface area contributed by atoms with E-state index >= 15 is 0 Å². The second-order valence-corrected chi connectivity index (χ2v) is 3.18. The average Bonchev–Trinajstić information content (AvgIpc) is 2.02. The monoisotopic (exact) mass is 180 g/mol. The van der Waals surface area contributed by atoms with Gasteiger partial charge in [0.15, 0.2) is 0 Å². The third-order valence-electron chi connectivity index (χ3n) is 1.86. The summed E-state index contributed by atoms with van der Waals surface area (Å²) in [6.45, 7) is 6.06. The first-order valence-electron chi connectivity index (χ1n) is 4.49. The molecule has 0 aromatic carbocycles. The molecule has 0 unspecified atom stereocenters. The molecule has 0 bridgehead atoms. The van der Waals surface area contributed by atoms with Gasteiger partial charge in [0.2, 0.25) is 0 Å². The smallest absolute Gasteiger partial charge is 0.131 e. The fraction of sp³-hybridized carbons (Fsp3) is 0.556. The van der Waals surface area contributed by atoms with Gasteiger partial charge < -0.3 is 11.1 Å². The van der Waals surface area contributed by atoms with Gasteiger partial charge in [0.1, 0.15) is 17.5 Å². The third-order valence-corrected chi connectivity index (χ3v) is 1.86. The standard InChI is InChI=1S/C9H16N4/c1-4-6(2)11-9-5-8(10)12-7(3)13-9/h5-6H,4H2,1-3H3,(H3,10,11,12,13)/t6-/m0/s1. The zero-order valence-electron chi connectivity index (χ0n) is 8.33. The third kappa shape index (κ3) is 2.89. The van der Waals surface area contributed by atoms with Crippen LogP contribution in [0.25, 0.3) is 0 Å². The Morgan fingerprint density at radius 2 is 2.23 bits per heavy atom. The summed E-state index contributed by atoms with van der Waals surface area (Å²) in [5.74, 6) is 2.02. The van der Waals surface area contributed by atoms with Crippen LogP contribution < -0.4 is 11.1 Å². The second-order valence-electron chi connectivity index (χ2n) is 3.18. The summed E-state index contributed by atoms with van der Waals surface area (Å²) < 4.78 is 0. The van der Waals surface area contributed by atoms with Crippen molar-refractivity contribution in [2.45, 2.75) is 33.2 Å². The highest BCUT2D eigenvalue weighted by molar-refractivity contribution is 5.44. The summed E-state index contributed by atoms with van der Waals surface area (Å²) in [4.78, 5) is 8.21. The molecule has 4 nitrogen and oxygen atoms in total. The number of nitrogens with zero attached hydrogens (tertiary/aromatic N) is 2. The maximum atomic E-state index is 5.59. The number of rotatable bonds is 3. The number of aryl methyl sites for hydroxylation is 1. The molecule has 1 rings (SSSR count). The van der Waals surface area contributed by atoms with E-state index in [9.17, 15) is 0 Å². The Kier molecular flexibility index (Phi) is 3.06.